The molecule has 0 radical (unpaired) electrons. The smallest absolute Gasteiger partial charge is 0.335 e. The maximum Gasteiger partial charge on any atom is 0.335 e. The molecule has 39 atom stereocenters. The Morgan fingerprint density at radius 3 is 1.80 bits per heavy atom. The van der Waals surface area contributed by atoms with Crippen LogP contribution in [0.4, 0.5) is 0 Å². The summed E-state index contributed by atoms with van der Waals surface area (Å²) in [6.45, 7) is 19.0. The molecule has 5 aliphatic heterocycles. The van der Waals surface area contributed by atoms with Crippen molar-refractivity contribution < 1.29 is 168 Å². The number of hydrogen-bond donors (Lipinski definition) is 17. The normalized spacial score (nSPS) is 46.9. The van der Waals surface area contributed by atoms with E-state index < -0.39 is 273 Å². The number of allylic oxidation sites excluding steroid dienone is 2. The van der Waals surface area contributed by atoms with E-state index in [1.54, 1.807) is 13.8 Å². The fraction of sp³-hybridized carbons (Fsp3) is 0.908. The highest BCUT2D eigenvalue weighted by molar-refractivity contribution is 5.80. The topological polar surface area (TPSA) is 540 Å². The third-order valence-corrected chi connectivity index (χ3v) is 27.6. The Bertz CT molecular complexity index is 3180. The molecule has 0 aromatic rings. The summed E-state index contributed by atoms with van der Waals surface area (Å²) in [5.41, 5.74) is -4.56. The molecule has 4 saturated carbocycles. The van der Waals surface area contributed by atoms with Crippen molar-refractivity contribution in [2.75, 3.05) is 19.8 Å². The predicted molar refractivity (Wildman–Crippen MR) is 373 cm³/mol. The van der Waals surface area contributed by atoms with Gasteiger partial charge < -0.3 is 148 Å². The Morgan fingerprint density at radius 2 is 1.17 bits per heavy atom. The highest BCUT2D eigenvalue weighted by Crippen LogP contribution is 2.76. The summed E-state index contributed by atoms with van der Waals surface area (Å²) in [5.74, 6) is -6.28. The van der Waals surface area contributed by atoms with Gasteiger partial charge in [-0.25, -0.2) is 4.79 Å². The molecule has 0 aromatic heterocycles. The van der Waals surface area contributed by atoms with E-state index in [1.165, 1.54) is 6.92 Å². The molecule has 630 valence electrons. The lowest BCUT2D eigenvalue weighted by Gasteiger charge is -2.71. The van der Waals surface area contributed by atoms with Gasteiger partial charge in [-0.2, -0.15) is 0 Å². The Morgan fingerprint density at radius 1 is 0.591 bits per heavy atom. The molecule has 34 heteroatoms. The number of ether oxygens (including phenoxy) is 12. The number of aliphatic hydroxyl groups excluding tert-OH is 16. The number of carboxylic acid groups (broad SMARTS) is 1. The number of fused-ring (bicyclic) bond motifs is 7. The zero-order chi connectivity index (χ0) is 81.1. The number of aldehydes is 1. The minimum absolute atomic E-state index is 0.0767. The van der Waals surface area contributed by atoms with E-state index in [-0.39, 0.29) is 55.3 Å². The van der Waals surface area contributed by atoms with Crippen LogP contribution < -0.4 is 0 Å². The van der Waals surface area contributed by atoms with Crippen LogP contribution >= 0.6 is 0 Å². The quantitative estimate of drug-likeness (QED) is 0.0140. The van der Waals surface area contributed by atoms with E-state index in [9.17, 15) is 106 Å². The molecule has 0 aromatic carbocycles. The zero-order valence-electron chi connectivity index (χ0n) is 64.6. The van der Waals surface area contributed by atoms with Gasteiger partial charge in [-0.05, 0) is 116 Å². The Balaban J connectivity index is 0.811. The van der Waals surface area contributed by atoms with E-state index in [4.69, 9.17) is 56.8 Å². The van der Waals surface area contributed by atoms with Gasteiger partial charge in [-0.3, -0.25) is 14.4 Å². The highest BCUT2D eigenvalue weighted by Gasteiger charge is 2.73. The SMILES string of the molecule is CC[C@H](C)C(C[C@H](O)CC(=O)O[C@H]1[C@@H](O)[C@H](O)[C@@H](OC(=O)[C@]23CCC(C)(C)C[C@H]2C2=CCC4[C@@]5(C)CC[C@H](OC6O[C@H](C(=O)O)[C@@H](O)[C@H](O[C@H]7OC[C@@H](O)[C@H](O)[C@H]7O)[C@H]6O[C@@H]6O[C@H](CO)[C@H](O)[C@H](O)[C@H]6O)[C@@](C)(C=O)C5CC[C@@]4(C)[C@]2(C)C[C@H]3O)O[C@H]1C)OC(=O)C[C@@H](O)CC(O[C@@H]1O[C@@H](CO)[C@H](O)[C@H]1O)[C@@H](C)CC. The van der Waals surface area contributed by atoms with Crippen molar-refractivity contribution in [1.29, 1.82) is 0 Å². The standard InChI is InChI=1S/C76H122O34/c1-12-32(3)40(101-48(84)24-36(81)23-41(33(4)13-2)102-67-56(92)52(88)43(29-78)103-67)22-35(80)25-49(85)106-60-34(5)100-66(58(94)54(60)90)110-70(98)76-21-20-71(6,7)26-38(76)37-14-15-45-72(8)18-17-47(73(9,31-79)44(72)16-19-74(45,10)75(37,11)27-46(76)83)105-69-63(109-68-57(93)53(89)51(87)42(28-77)104-68)61(59(95)62(108-69)64(96)97)107-65-55(91)50(86)39(82)30-99-65/h14,31-36,38-47,50-63,65-69,77-78,80-83,86-95H,12-13,15-30H2,1-11H3,(H,96,97)/t32-,33-,34-,35-,36-,38-,39+,40?,41?,42+,43-,44?,45?,46+,47-,50-,51-,52-,53-,54-,55+,56+,57+,58-,59-,60+,61-,62-,63+,65+,66+,67+,68-,69?,72-,73-,74+,75+,76+/m0/s1. The van der Waals surface area contributed by atoms with Gasteiger partial charge in [0.25, 0.3) is 0 Å². The van der Waals surface area contributed by atoms with E-state index in [0.29, 0.717) is 51.4 Å². The van der Waals surface area contributed by atoms with Crippen molar-refractivity contribution in [2.45, 2.75) is 350 Å². The van der Waals surface area contributed by atoms with Crippen LogP contribution in [0.2, 0.25) is 0 Å². The number of carbonyl (C=O) groups is 5. The second-order valence-electron chi connectivity index (χ2n) is 34.9. The molecule has 10 aliphatic rings. The maximum atomic E-state index is 15.4. The molecule has 0 amide bonds. The van der Waals surface area contributed by atoms with Gasteiger partial charge in [0.2, 0.25) is 6.29 Å². The zero-order valence-corrected chi connectivity index (χ0v) is 64.6. The summed E-state index contributed by atoms with van der Waals surface area (Å²) in [7, 11) is 0. The fourth-order valence-corrected chi connectivity index (χ4v) is 20.3. The van der Waals surface area contributed by atoms with Crippen LogP contribution in [0.1, 0.15) is 172 Å². The monoisotopic (exact) mass is 1580 g/mol. The van der Waals surface area contributed by atoms with Gasteiger partial charge in [0.15, 0.2) is 37.4 Å². The summed E-state index contributed by atoms with van der Waals surface area (Å²) in [5, 5.41) is 186. The number of carboxylic acids is 1. The molecule has 0 spiro atoms. The van der Waals surface area contributed by atoms with E-state index >= 15 is 4.79 Å². The van der Waals surface area contributed by atoms with Crippen LogP contribution in [0.3, 0.4) is 0 Å². The number of aliphatic hydroxyl groups is 16. The maximum absolute atomic E-state index is 15.4. The molecule has 110 heavy (non-hydrogen) atoms. The number of rotatable bonds is 28. The summed E-state index contributed by atoms with van der Waals surface area (Å²) in [6.07, 6.45) is -42.1. The van der Waals surface area contributed by atoms with Crippen molar-refractivity contribution in [2.24, 2.45) is 62.1 Å². The van der Waals surface area contributed by atoms with Gasteiger partial charge in [-0.15, -0.1) is 0 Å². The first-order valence-electron chi connectivity index (χ1n) is 39.1. The molecule has 0 bridgehead atoms. The molecule has 5 unspecified atom stereocenters. The first-order valence-corrected chi connectivity index (χ1v) is 39.1. The van der Waals surface area contributed by atoms with Crippen molar-refractivity contribution in [3.05, 3.63) is 11.6 Å². The summed E-state index contributed by atoms with van der Waals surface area (Å²) >= 11 is 0. The summed E-state index contributed by atoms with van der Waals surface area (Å²) in [6, 6.07) is 0. The fourth-order valence-electron chi connectivity index (χ4n) is 20.3. The second kappa shape index (κ2) is 34.8. The number of aliphatic carboxylic acids is 1. The molecule has 9 fully saturated rings. The predicted octanol–water partition coefficient (Wildman–Crippen LogP) is -1.47. The number of hydrogen-bond acceptors (Lipinski definition) is 33. The first kappa shape index (κ1) is 88.7. The van der Waals surface area contributed by atoms with Crippen LogP contribution in [-0.2, 0) is 80.8 Å². The lowest BCUT2D eigenvalue weighted by Crippen LogP contribution is -2.69. The third-order valence-electron chi connectivity index (χ3n) is 27.6. The molecule has 5 aliphatic carbocycles. The minimum atomic E-state index is -2.21. The van der Waals surface area contributed by atoms with E-state index in [1.807, 2.05) is 20.8 Å². The van der Waals surface area contributed by atoms with Gasteiger partial charge in [0.05, 0.1) is 74.7 Å². The number of esters is 3. The molecular weight excluding hydrogens is 1460 g/mol. The molecule has 34 nitrogen and oxygen atoms in total. The Labute approximate surface area is 639 Å². The highest BCUT2D eigenvalue weighted by atomic mass is 16.8. The van der Waals surface area contributed by atoms with Crippen LogP contribution in [0, 0.1) is 62.1 Å². The summed E-state index contributed by atoms with van der Waals surface area (Å²) < 4.78 is 71.4. The van der Waals surface area contributed by atoms with Crippen molar-refractivity contribution >= 4 is 30.2 Å². The van der Waals surface area contributed by atoms with Crippen molar-refractivity contribution in [3.8, 4) is 0 Å². The number of carbonyl (C=O) groups excluding carboxylic acids is 4. The molecule has 5 heterocycles. The van der Waals surface area contributed by atoms with Crippen molar-refractivity contribution in [3.63, 3.8) is 0 Å². The largest absolute Gasteiger partial charge is 0.479 e. The molecule has 5 saturated heterocycles. The lowest BCUT2D eigenvalue weighted by molar-refractivity contribution is -0.391. The average molecular weight is 1580 g/mol. The third kappa shape index (κ3) is 16.8. The van der Waals surface area contributed by atoms with Crippen LogP contribution in [0.25, 0.3) is 0 Å². The summed E-state index contributed by atoms with van der Waals surface area (Å²) in [4.78, 5) is 69.6. The van der Waals surface area contributed by atoms with Crippen molar-refractivity contribution in [1.82, 2.24) is 0 Å². The van der Waals surface area contributed by atoms with Crippen LogP contribution in [-0.4, -0.2) is 315 Å². The molecule has 17 N–H and O–H groups in total. The molecular formula is C76H122O34. The van der Waals surface area contributed by atoms with Crippen LogP contribution in [0.15, 0.2) is 11.6 Å². The average Bonchev–Trinajstić information content (AvgIpc) is 0.675. The van der Waals surface area contributed by atoms with Gasteiger partial charge in [-0.1, -0.05) is 93.7 Å². The van der Waals surface area contributed by atoms with E-state index in [0.717, 1.165) is 11.9 Å². The van der Waals surface area contributed by atoms with E-state index in [2.05, 4.69) is 40.7 Å². The molecule has 10 rings (SSSR count). The van der Waals surface area contributed by atoms with Crippen LogP contribution in [0.5, 0.6) is 0 Å². The second-order valence-corrected chi connectivity index (χ2v) is 34.9. The minimum Gasteiger partial charge on any atom is -0.479 e. The van der Waals surface area contributed by atoms with Gasteiger partial charge >= 0.3 is 23.9 Å². The van der Waals surface area contributed by atoms with Gasteiger partial charge in [0.1, 0.15) is 109 Å². The first-order chi connectivity index (χ1) is 51.5. The Hall–Kier alpha value is -3.71. The lowest BCUT2D eigenvalue weighted by atomic mass is 9.33. The Kier molecular flexibility index (Phi) is 28.1. The van der Waals surface area contributed by atoms with Gasteiger partial charge in [0, 0.05) is 12.8 Å².